The molecule has 0 saturated carbocycles. The van der Waals surface area contributed by atoms with E-state index < -0.39 is 0 Å². The molecule has 1 aromatic carbocycles. The van der Waals surface area contributed by atoms with Gasteiger partial charge >= 0.3 is 0 Å². The second-order valence-corrected chi connectivity index (χ2v) is 7.97. The van der Waals surface area contributed by atoms with Crippen molar-refractivity contribution >= 4 is 39.5 Å². The number of carbonyl (C=O) groups is 2. The van der Waals surface area contributed by atoms with Crippen LogP contribution in [0.2, 0.25) is 0 Å². The first-order chi connectivity index (χ1) is 14.1. The van der Waals surface area contributed by atoms with Crippen molar-refractivity contribution in [2.45, 2.75) is 0 Å². The van der Waals surface area contributed by atoms with Gasteiger partial charge in [-0.1, -0.05) is 0 Å². The lowest BCUT2D eigenvalue weighted by Crippen LogP contribution is -2.44. The topological polar surface area (TPSA) is 77.8 Å². The number of furan rings is 1. The summed E-state index contributed by atoms with van der Waals surface area (Å²) in [5.74, 6) is -0.325. The summed E-state index contributed by atoms with van der Waals surface area (Å²) in [7, 11) is 2.13. The number of nitrogens with one attached hydrogen (secondary N) is 2. The van der Waals surface area contributed by atoms with Crippen LogP contribution in [0, 0.1) is 0 Å². The van der Waals surface area contributed by atoms with Gasteiger partial charge in [0.05, 0.1) is 16.1 Å². The van der Waals surface area contributed by atoms with E-state index in [1.54, 1.807) is 24.3 Å². The van der Waals surface area contributed by atoms with Gasteiger partial charge in [0.1, 0.15) is 0 Å². The Morgan fingerprint density at radius 1 is 0.931 bits per heavy atom. The van der Waals surface area contributed by atoms with Crippen LogP contribution in [0.1, 0.15) is 20.2 Å². The molecule has 2 N–H and O–H groups in total. The number of amides is 2. The molecule has 0 bridgehead atoms. The number of likely N-dealkylation sites (N-methyl/N-ethyl adjacent to an activating group) is 1. The highest BCUT2D eigenvalue weighted by Gasteiger charge is 2.15. The monoisotopic (exact) mass is 410 g/mol. The Balaban J connectivity index is 1.34. The van der Waals surface area contributed by atoms with Crippen molar-refractivity contribution in [3.05, 3.63) is 65.4 Å². The van der Waals surface area contributed by atoms with Crippen molar-refractivity contribution < 1.29 is 14.0 Å². The second-order valence-electron chi connectivity index (χ2n) is 6.89. The minimum atomic E-state index is -0.344. The first kappa shape index (κ1) is 19.2. The molecule has 1 saturated heterocycles. The van der Waals surface area contributed by atoms with Gasteiger partial charge in [0.2, 0.25) is 0 Å². The zero-order valence-electron chi connectivity index (χ0n) is 16.1. The van der Waals surface area contributed by atoms with Gasteiger partial charge in [-0.15, -0.1) is 11.3 Å². The molecule has 29 heavy (non-hydrogen) atoms. The normalized spacial score (nSPS) is 14.6. The molecule has 1 aliphatic heterocycles. The van der Waals surface area contributed by atoms with Crippen molar-refractivity contribution in [3.63, 3.8) is 0 Å². The molecule has 4 rings (SSSR count). The number of hydrogen-bond acceptors (Lipinski definition) is 6. The van der Waals surface area contributed by atoms with Crippen molar-refractivity contribution in [1.29, 1.82) is 0 Å². The van der Waals surface area contributed by atoms with Gasteiger partial charge in [-0.25, -0.2) is 0 Å². The van der Waals surface area contributed by atoms with E-state index >= 15 is 0 Å². The molecule has 3 aromatic rings. The molecule has 2 aromatic heterocycles. The van der Waals surface area contributed by atoms with Crippen molar-refractivity contribution in [1.82, 2.24) is 4.90 Å². The SMILES string of the molecule is CN1CCN(c2ccc(NC(=O)c3ccc(NC(=O)c4ccco4)s3)cc2)CC1. The number of carbonyl (C=O) groups excluding carboxylic acids is 2. The largest absolute Gasteiger partial charge is 0.459 e. The molecule has 1 fully saturated rings. The molecule has 0 unspecified atom stereocenters. The molecule has 8 heteroatoms. The van der Waals surface area contributed by atoms with Crippen LogP contribution in [0.4, 0.5) is 16.4 Å². The van der Waals surface area contributed by atoms with E-state index in [1.165, 1.54) is 17.6 Å². The first-order valence-electron chi connectivity index (χ1n) is 9.38. The zero-order valence-corrected chi connectivity index (χ0v) is 16.9. The lowest BCUT2D eigenvalue weighted by Gasteiger charge is -2.34. The van der Waals surface area contributed by atoms with Crippen LogP contribution < -0.4 is 15.5 Å². The number of rotatable bonds is 5. The van der Waals surface area contributed by atoms with Gasteiger partial charge in [-0.05, 0) is 55.6 Å². The fourth-order valence-corrected chi connectivity index (χ4v) is 3.92. The highest BCUT2D eigenvalue weighted by molar-refractivity contribution is 7.18. The zero-order chi connectivity index (χ0) is 20.2. The summed E-state index contributed by atoms with van der Waals surface area (Å²) < 4.78 is 5.07. The molecule has 0 atom stereocenters. The maximum Gasteiger partial charge on any atom is 0.291 e. The highest BCUT2D eigenvalue weighted by atomic mass is 32.1. The van der Waals surface area contributed by atoms with Crippen molar-refractivity contribution in [2.24, 2.45) is 0 Å². The van der Waals surface area contributed by atoms with Crippen LogP contribution in [0.15, 0.2) is 59.2 Å². The fraction of sp³-hybridized carbons (Fsp3) is 0.238. The fourth-order valence-electron chi connectivity index (χ4n) is 3.12. The number of piperazine rings is 1. The first-order valence-corrected chi connectivity index (χ1v) is 10.2. The summed E-state index contributed by atoms with van der Waals surface area (Å²) in [5.41, 5.74) is 1.90. The summed E-state index contributed by atoms with van der Waals surface area (Å²) in [5, 5.41) is 6.22. The number of anilines is 3. The summed E-state index contributed by atoms with van der Waals surface area (Å²) in [6, 6.07) is 14.5. The average Bonchev–Trinajstić information content (AvgIpc) is 3.41. The van der Waals surface area contributed by atoms with Crippen molar-refractivity contribution in [3.8, 4) is 0 Å². The molecular weight excluding hydrogens is 388 g/mol. The Morgan fingerprint density at radius 2 is 1.69 bits per heavy atom. The minimum Gasteiger partial charge on any atom is -0.459 e. The Morgan fingerprint density at radius 3 is 2.38 bits per heavy atom. The third kappa shape index (κ3) is 4.67. The third-order valence-corrected chi connectivity index (χ3v) is 5.80. The van der Waals surface area contributed by atoms with Crippen LogP contribution in [0.25, 0.3) is 0 Å². The van der Waals surface area contributed by atoms with E-state index in [1.807, 2.05) is 24.3 Å². The Labute approximate surface area is 172 Å². The van der Waals surface area contributed by atoms with Gasteiger partial charge in [-0.2, -0.15) is 0 Å². The van der Waals surface area contributed by atoms with Crippen LogP contribution in [-0.2, 0) is 0 Å². The summed E-state index contributed by atoms with van der Waals surface area (Å²) in [4.78, 5) is 29.7. The van der Waals surface area contributed by atoms with Gasteiger partial charge in [0.25, 0.3) is 11.8 Å². The predicted molar refractivity (Wildman–Crippen MR) is 115 cm³/mol. The quantitative estimate of drug-likeness (QED) is 0.672. The van der Waals surface area contributed by atoms with Gasteiger partial charge in [-0.3, -0.25) is 9.59 Å². The number of nitrogens with zero attached hydrogens (tertiary/aromatic N) is 2. The van der Waals surface area contributed by atoms with E-state index in [4.69, 9.17) is 4.42 Å². The molecule has 0 radical (unpaired) electrons. The van der Waals surface area contributed by atoms with Gasteiger partial charge in [0, 0.05) is 37.6 Å². The number of thiophene rings is 1. The summed E-state index contributed by atoms with van der Waals surface area (Å²) in [6.45, 7) is 4.11. The Hall–Kier alpha value is -3.10. The summed E-state index contributed by atoms with van der Waals surface area (Å²) >= 11 is 1.21. The highest BCUT2D eigenvalue weighted by Crippen LogP contribution is 2.25. The average molecular weight is 410 g/mol. The molecule has 3 heterocycles. The lowest BCUT2D eigenvalue weighted by atomic mass is 10.2. The van der Waals surface area contributed by atoms with Crippen LogP contribution in [0.5, 0.6) is 0 Å². The molecule has 1 aliphatic rings. The van der Waals surface area contributed by atoms with Gasteiger partial charge < -0.3 is 24.9 Å². The Kier molecular flexibility index (Phi) is 5.64. The van der Waals surface area contributed by atoms with Crippen LogP contribution in [-0.4, -0.2) is 49.9 Å². The molecular formula is C21H22N4O3S. The lowest BCUT2D eigenvalue weighted by molar-refractivity contribution is 0.0995. The van der Waals surface area contributed by atoms with Crippen molar-refractivity contribution in [2.75, 3.05) is 48.8 Å². The third-order valence-electron chi connectivity index (χ3n) is 4.81. The summed E-state index contributed by atoms with van der Waals surface area (Å²) in [6.07, 6.45) is 1.44. The molecule has 0 spiro atoms. The number of benzene rings is 1. The van der Waals surface area contributed by atoms with Crippen LogP contribution >= 0.6 is 11.3 Å². The van der Waals surface area contributed by atoms with E-state index in [2.05, 4.69) is 27.5 Å². The molecule has 150 valence electrons. The Bertz CT molecular complexity index is 974. The predicted octanol–water partition coefficient (Wildman–Crippen LogP) is 3.60. The van der Waals surface area contributed by atoms with E-state index in [0.717, 1.165) is 37.6 Å². The molecule has 7 nitrogen and oxygen atoms in total. The van der Waals surface area contributed by atoms with E-state index in [9.17, 15) is 9.59 Å². The standard InChI is InChI=1S/C21H22N4O3S/c1-24-10-12-25(13-11-24)16-6-4-15(5-7-16)22-21(27)18-8-9-19(29-18)23-20(26)17-3-2-14-28-17/h2-9,14H,10-13H2,1H3,(H,22,27)(H,23,26). The minimum absolute atomic E-state index is 0.208. The molecule has 2 amide bonds. The smallest absolute Gasteiger partial charge is 0.291 e. The number of hydrogen-bond donors (Lipinski definition) is 2. The van der Waals surface area contributed by atoms with E-state index in [0.29, 0.717) is 9.88 Å². The van der Waals surface area contributed by atoms with Crippen LogP contribution in [0.3, 0.4) is 0 Å². The van der Waals surface area contributed by atoms with E-state index in [-0.39, 0.29) is 17.6 Å². The second kappa shape index (κ2) is 8.50. The molecule has 0 aliphatic carbocycles. The maximum atomic E-state index is 12.5. The van der Waals surface area contributed by atoms with Gasteiger partial charge in [0.15, 0.2) is 5.76 Å². The maximum absolute atomic E-state index is 12.5.